The molecule has 23 heavy (non-hydrogen) atoms. The number of piperidine rings is 1. The molecule has 1 saturated heterocycles. The van der Waals surface area contributed by atoms with Crippen LogP contribution < -0.4 is 0 Å². The molecule has 1 aromatic rings. The summed E-state index contributed by atoms with van der Waals surface area (Å²) >= 11 is 0. The molecule has 0 amide bonds. The second kappa shape index (κ2) is 8.60. The van der Waals surface area contributed by atoms with Crippen LogP contribution in [0.2, 0.25) is 0 Å². The predicted molar refractivity (Wildman–Crippen MR) is 91.1 cm³/mol. The number of aryl methyl sites for hydroxylation is 1. The molecule has 0 radical (unpaired) electrons. The molecule has 0 spiro atoms. The van der Waals surface area contributed by atoms with E-state index in [-0.39, 0.29) is 6.61 Å². The van der Waals surface area contributed by atoms with E-state index in [4.69, 9.17) is 5.11 Å². The van der Waals surface area contributed by atoms with Gasteiger partial charge in [-0.05, 0) is 69.9 Å². The molecule has 0 aromatic carbocycles. The van der Waals surface area contributed by atoms with E-state index in [1.807, 2.05) is 4.68 Å². The van der Waals surface area contributed by atoms with E-state index in [0.29, 0.717) is 0 Å². The van der Waals surface area contributed by atoms with E-state index in [1.165, 1.54) is 51.7 Å². The molecule has 0 bridgehead atoms. The summed E-state index contributed by atoms with van der Waals surface area (Å²) in [5, 5.41) is 17.3. The molecule has 0 saturated carbocycles. The summed E-state index contributed by atoms with van der Waals surface area (Å²) in [7, 11) is 0. The quantitative estimate of drug-likeness (QED) is 0.784. The maximum absolute atomic E-state index is 8.87. The summed E-state index contributed by atoms with van der Waals surface area (Å²) < 4.78 is 2.00. The van der Waals surface area contributed by atoms with Crippen LogP contribution in [-0.4, -0.2) is 51.2 Å². The lowest BCUT2D eigenvalue weighted by molar-refractivity contribution is 0.146. The van der Waals surface area contributed by atoms with Crippen LogP contribution in [0.4, 0.5) is 0 Å². The van der Waals surface area contributed by atoms with Gasteiger partial charge in [0.1, 0.15) is 0 Å². The lowest BCUT2D eigenvalue weighted by atomic mass is 9.91. The fourth-order valence-electron chi connectivity index (χ4n) is 3.81. The number of likely N-dealkylation sites (tertiary alicyclic amines) is 1. The Morgan fingerprint density at radius 1 is 1.09 bits per heavy atom. The minimum atomic E-state index is 0.224. The summed E-state index contributed by atoms with van der Waals surface area (Å²) in [5.74, 6) is 1.60. The molecule has 5 heteroatoms. The van der Waals surface area contributed by atoms with Crippen molar-refractivity contribution in [3.63, 3.8) is 0 Å². The largest absolute Gasteiger partial charge is 0.396 e. The van der Waals surface area contributed by atoms with Gasteiger partial charge in [-0.25, -0.2) is 0 Å². The third-order valence-corrected chi connectivity index (χ3v) is 5.22. The van der Waals surface area contributed by atoms with Crippen molar-refractivity contribution in [3.05, 3.63) is 24.0 Å². The van der Waals surface area contributed by atoms with Gasteiger partial charge in [-0.2, -0.15) is 0 Å². The molecule has 1 aliphatic heterocycles. The molecule has 2 aliphatic rings. The third kappa shape index (κ3) is 5.15. The van der Waals surface area contributed by atoms with Crippen LogP contribution in [0.1, 0.15) is 44.2 Å². The molecule has 0 unspecified atom stereocenters. The fraction of sp³-hybridized carbons (Fsp3) is 0.778. The molecular formula is C18H30N4O. The molecule has 1 atom stereocenters. The molecule has 1 aliphatic carbocycles. The zero-order valence-electron chi connectivity index (χ0n) is 14.1. The van der Waals surface area contributed by atoms with E-state index in [9.17, 15) is 0 Å². The molecule has 5 nitrogen and oxygen atoms in total. The fourth-order valence-corrected chi connectivity index (χ4v) is 3.81. The number of allylic oxidation sites excluding steroid dienone is 2. The first-order chi connectivity index (χ1) is 11.3. The highest BCUT2D eigenvalue weighted by atomic mass is 16.2. The zero-order valence-corrected chi connectivity index (χ0v) is 14.1. The van der Waals surface area contributed by atoms with Gasteiger partial charge >= 0.3 is 0 Å². The molecule has 1 aromatic heterocycles. The summed E-state index contributed by atoms with van der Waals surface area (Å²) in [6, 6.07) is 0. The van der Waals surface area contributed by atoms with Crippen LogP contribution in [0, 0.1) is 11.8 Å². The lowest BCUT2D eigenvalue weighted by Crippen LogP contribution is -2.38. The Morgan fingerprint density at radius 2 is 1.96 bits per heavy atom. The molecule has 1 fully saturated rings. The number of hydrogen-bond donors (Lipinski definition) is 1. The second-order valence-electron chi connectivity index (χ2n) is 7.15. The van der Waals surface area contributed by atoms with E-state index >= 15 is 0 Å². The normalized spacial score (nSPS) is 23.4. The minimum Gasteiger partial charge on any atom is -0.396 e. The van der Waals surface area contributed by atoms with Crippen LogP contribution in [0.5, 0.6) is 0 Å². The average Bonchev–Trinajstić information content (AvgIpc) is 3.03. The van der Waals surface area contributed by atoms with Crippen molar-refractivity contribution in [2.45, 2.75) is 51.5 Å². The topological polar surface area (TPSA) is 54.2 Å². The highest BCUT2D eigenvalue weighted by molar-refractivity contribution is 4.93. The Hall–Kier alpha value is -1.20. The van der Waals surface area contributed by atoms with Gasteiger partial charge in [-0.3, -0.25) is 4.68 Å². The Morgan fingerprint density at radius 3 is 2.70 bits per heavy atom. The van der Waals surface area contributed by atoms with Crippen LogP contribution in [0.3, 0.4) is 0 Å². The summed E-state index contributed by atoms with van der Waals surface area (Å²) in [5.41, 5.74) is 1.00. The van der Waals surface area contributed by atoms with E-state index in [2.05, 4.69) is 33.6 Å². The van der Waals surface area contributed by atoms with Crippen molar-refractivity contribution in [2.24, 2.45) is 11.8 Å². The van der Waals surface area contributed by atoms with Crippen molar-refractivity contribution < 1.29 is 5.11 Å². The van der Waals surface area contributed by atoms with Gasteiger partial charge in [0.2, 0.25) is 0 Å². The number of hydrogen-bond acceptors (Lipinski definition) is 4. The van der Waals surface area contributed by atoms with Gasteiger partial charge in [-0.1, -0.05) is 17.4 Å². The Bertz CT molecular complexity index is 491. The highest BCUT2D eigenvalue weighted by Crippen LogP contribution is 2.24. The van der Waals surface area contributed by atoms with Crippen molar-refractivity contribution in [2.75, 3.05) is 26.2 Å². The van der Waals surface area contributed by atoms with Crippen molar-refractivity contribution in [1.82, 2.24) is 19.9 Å². The van der Waals surface area contributed by atoms with E-state index in [0.717, 1.165) is 36.9 Å². The Labute approximate surface area is 139 Å². The Balaban J connectivity index is 1.38. The Kier molecular flexibility index (Phi) is 6.22. The third-order valence-electron chi connectivity index (χ3n) is 5.22. The second-order valence-corrected chi connectivity index (χ2v) is 7.15. The average molecular weight is 318 g/mol. The van der Waals surface area contributed by atoms with Crippen LogP contribution in [0.25, 0.3) is 0 Å². The smallest absolute Gasteiger partial charge is 0.0828 e. The lowest BCUT2D eigenvalue weighted by Gasteiger charge is -2.34. The monoisotopic (exact) mass is 318 g/mol. The number of aliphatic hydroxyl groups is 1. The summed E-state index contributed by atoms with van der Waals surface area (Å²) in [6.45, 7) is 4.97. The molecule has 128 valence electrons. The summed E-state index contributed by atoms with van der Waals surface area (Å²) in [6.07, 6.45) is 14.8. The maximum atomic E-state index is 8.87. The van der Waals surface area contributed by atoms with Gasteiger partial charge in [0, 0.05) is 25.9 Å². The maximum Gasteiger partial charge on any atom is 0.0828 e. The van der Waals surface area contributed by atoms with Crippen molar-refractivity contribution in [3.8, 4) is 0 Å². The van der Waals surface area contributed by atoms with Gasteiger partial charge in [0.05, 0.1) is 5.69 Å². The molecule has 1 N–H and O–H groups in total. The van der Waals surface area contributed by atoms with Gasteiger partial charge in [0.25, 0.3) is 0 Å². The van der Waals surface area contributed by atoms with E-state index < -0.39 is 0 Å². The molecule has 2 heterocycles. The van der Waals surface area contributed by atoms with Crippen molar-refractivity contribution in [1.29, 1.82) is 0 Å². The molecular weight excluding hydrogens is 288 g/mol. The van der Waals surface area contributed by atoms with Crippen LogP contribution in [0.15, 0.2) is 18.3 Å². The summed E-state index contributed by atoms with van der Waals surface area (Å²) in [4.78, 5) is 2.66. The molecule has 3 rings (SSSR count). The first-order valence-electron chi connectivity index (χ1n) is 9.20. The zero-order chi connectivity index (χ0) is 15.9. The van der Waals surface area contributed by atoms with Gasteiger partial charge in [-0.15, -0.1) is 5.10 Å². The SMILES string of the molecule is OCCCc1cn(CC2CCN(C[C@H]3CC=CCC3)CC2)nn1. The van der Waals surface area contributed by atoms with Gasteiger partial charge < -0.3 is 10.0 Å². The first-order valence-corrected chi connectivity index (χ1v) is 9.20. The highest BCUT2D eigenvalue weighted by Gasteiger charge is 2.22. The van der Waals surface area contributed by atoms with Crippen LogP contribution >= 0.6 is 0 Å². The van der Waals surface area contributed by atoms with Crippen LogP contribution in [-0.2, 0) is 13.0 Å². The number of aromatic nitrogens is 3. The van der Waals surface area contributed by atoms with E-state index in [1.54, 1.807) is 0 Å². The number of rotatable bonds is 7. The standard InChI is InChI=1S/C18H30N4O/c23-12-4-7-18-15-22(20-19-18)14-17-8-10-21(11-9-17)13-16-5-2-1-3-6-16/h1-2,15-17,23H,3-14H2/t16-/m0/s1. The number of aliphatic hydroxyl groups excluding tert-OH is 1. The predicted octanol–water partition coefficient (Wildman–Crippen LogP) is 2.27. The minimum absolute atomic E-state index is 0.224. The number of nitrogens with zero attached hydrogens (tertiary/aromatic N) is 4. The van der Waals surface area contributed by atoms with Gasteiger partial charge in [0.15, 0.2) is 0 Å². The van der Waals surface area contributed by atoms with Crippen molar-refractivity contribution >= 4 is 0 Å². The first kappa shape index (κ1) is 16.7.